The molecule has 0 saturated heterocycles. The second kappa shape index (κ2) is 5.77. The molecule has 0 aromatic heterocycles. The zero-order chi connectivity index (χ0) is 17.7. The topological polar surface area (TPSA) is 29.5 Å². The normalized spacial score (nSPS) is 25.2. The van der Waals surface area contributed by atoms with E-state index in [-0.39, 0.29) is 5.92 Å². The lowest BCUT2D eigenvalue weighted by Crippen LogP contribution is -2.43. The highest BCUT2D eigenvalue weighted by Crippen LogP contribution is 2.49. The molecule has 0 radical (unpaired) electrons. The number of fused-ring (bicyclic) bond motifs is 4. The van der Waals surface area contributed by atoms with E-state index in [2.05, 4.69) is 0 Å². The smallest absolute Gasteiger partial charge is 0.416 e. The number of benzene rings is 2. The van der Waals surface area contributed by atoms with Crippen molar-refractivity contribution in [3.05, 3.63) is 64.7 Å². The minimum absolute atomic E-state index is 0.287. The van der Waals surface area contributed by atoms with Gasteiger partial charge >= 0.3 is 6.18 Å². The van der Waals surface area contributed by atoms with Crippen molar-refractivity contribution in [2.24, 2.45) is 0 Å². The molecule has 2 aromatic rings. The molecule has 4 rings (SSSR count). The highest BCUT2D eigenvalue weighted by molar-refractivity contribution is 5.48. The average molecular weight is 348 g/mol. The molecule has 1 aliphatic heterocycles. The molecule has 1 saturated carbocycles. The van der Waals surface area contributed by atoms with Gasteiger partial charge in [0.05, 0.1) is 5.56 Å². The van der Waals surface area contributed by atoms with Crippen LogP contribution in [0.15, 0.2) is 42.5 Å². The number of hydrogen-bond acceptors (Lipinski definition) is 2. The molecule has 0 unspecified atom stereocenters. The lowest BCUT2D eigenvalue weighted by atomic mass is 9.77. The number of halogens is 3. The van der Waals surface area contributed by atoms with Gasteiger partial charge in [-0.05, 0) is 47.6 Å². The summed E-state index contributed by atoms with van der Waals surface area (Å²) in [5.74, 6) is -0.109. The van der Waals surface area contributed by atoms with Crippen LogP contribution in [0, 0.1) is 0 Å². The molecular formula is C20H19F3O2. The van der Waals surface area contributed by atoms with Gasteiger partial charge in [0.2, 0.25) is 5.79 Å². The molecule has 2 nitrogen and oxygen atoms in total. The third-order valence-corrected chi connectivity index (χ3v) is 5.22. The second-order valence-electron chi connectivity index (χ2n) is 7.05. The van der Waals surface area contributed by atoms with Crippen molar-refractivity contribution >= 4 is 0 Å². The third-order valence-electron chi connectivity index (χ3n) is 5.22. The summed E-state index contributed by atoms with van der Waals surface area (Å²) < 4.78 is 44.0. The molecule has 1 aliphatic carbocycles. The lowest BCUT2D eigenvalue weighted by Gasteiger charge is -2.43. The van der Waals surface area contributed by atoms with Gasteiger partial charge in [0, 0.05) is 19.3 Å². The predicted molar refractivity (Wildman–Crippen MR) is 87.5 cm³/mol. The molecule has 25 heavy (non-hydrogen) atoms. The average Bonchev–Trinajstić information content (AvgIpc) is 2.55. The molecular weight excluding hydrogens is 329 g/mol. The van der Waals surface area contributed by atoms with Crippen molar-refractivity contribution in [3.8, 4) is 5.75 Å². The van der Waals surface area contributed by atoms with Gasteiger partial charge in [-0.15, -0.1) is 0 Å². The highest BCUT2D eigenvalue weighted by Gasteiger charge is 2.43. The molecule has 2 aliphatic rings. The van der Waals surface area contributed by atoms with Crippen LogP contribution in [0.1, 0.15) is 53.9 Å². The molecule has 2 aromatic carbocycles. The van der Waals surface area contributed by atoms with Gasteiger partial charge in [-0.1, -0.05) is 30.3 Å². The molecule has 2 bridgehead atoms. The van der Waals surface area contributed by atoms with E-state index in [1.54, 1.807) is 0 Å². The first-order chi connectivity index (χ1) is 11.8. The lowest BCUT2D eigenvalue weighted by molar-refractivity contribution is -0.172. The van der Waals surface area contributed by atoms with Crippen molar-refractivity contribution < 1.29 is 23.0 Å². The fourth-order valence-corrected chi connectivity index (χ4v) is 3.98. The molecule has 2 atom stereocenters. The van der Waals surface area contributed by atoms with Crippen molar-refractivity contribution in [3.63, 3.8) is 0 Å². The Morgan fingerprint density at radius 1 is 1.12 bits per heavy atom. The van der Waals surface area contributed by atoms with Crippen molar-refractivity contribution in [2.45, 2.75) is 50.0 Å². The summed E-state index contributed by atoms with van der Waals surface area (Å²) in [6.07, 6.45) is -0.647. The number of ether oxygens (including phenoxy) is 1. The molecule has 132 valence electrons. The fourth-order valence-electron chi connectivity index (χ4n) is 3.98. The molecule has 1 fully saturated rings. The van der Waals surface area contributed by atoms with E-state index in [1.165, 1.54) is 12.1 Å². The highest BCUT2D eigenvalue weighted by atomic mass is 19.4. The van der Waals surface area contributed by atoms with E-state index >= 15 is 0 Å². The minimum Gasteiger partial charge on any atom is -0.462 e. The Balaban J connectivity index is 1.64. The Morgan fingerprint density at radius 3 is 2.60 bits per heavy atom. The van der Waals surface area contributed by atoms with Crippen LogP contribution in [0.4, 0.5) is 13.2 Å². The van der Waals surface area contributed by atoms with E-state index in [9.17, 15) is 18.3 Å². The maximum Gasteiger partial charge on any atom is 0.416 e. The van der Waals surface area contributed by atoms with Gasteiger partial charge in [-0.25, -0.2) is 0 Å². The summed E-state index contributed by atoms with van der Waals surface area (Å²) in [6, 6.07) is 11.1. The predicted octanol–water partition coefficient (Wildman–Crippen LogP) is 5.03. The Hall–Kier alpha value is -2.01. The van der Waals surface area contributed by atoms with Gasteiger partial charge in [0.25, 0.3) is 0 Å². The zero-order valence-electron chi connectivity index (χ0n) is 13.6. The third kappa shape index (κ3) is 3.13. The molecule has 0 amide bonds. The van der Waals surface area contributed by atoms with Gasteiger partial charge in [-0.2, -0.15) is 13.2 Å². The summed E-state index contributed by atoms with van der Waals surface area (Å²) in [4.78, 5) is 0. The number of hydrogen-bond donors (Lipinski definition) is 1. The zero-order valence-corrected chi connectivity index (χ0v) is 13.6. The first-order valence-electron chi connectivity index (χ1n) is 8.53. The van der Waals surface area contributed by atoms with Crippen LogP contribution in [0.25, 0.3) is 0 Å². The summed E-state index contributed by atoms with van der Waals surface area (Å²) in [5, 5.41) is 10.6. The Bertz CT molecular complexity index is 783. The summed E-state index contributed by atoms with van der Waals surface area (Å²) in [5.41, 5.74) is 2.15. The van der Waals surface area contributed by atoms with Gasteiger partial charge < -0.3 is 9.84 Å². The fraction of sp³-hybridized carbons (Fsp3) is 0.400. The van der Waals surface area contributed by atoms with E-state index < -0.39 is 17.5 Å². The van der Waals surface area contributed by atoms with Crippen LogP contribution in [0.3, 0.4) is 0 Å². The quantitative estimate of drug-likeness (QED) is 0.824. The number of aliphatic hydroxyl groups is 1. The SMILES string of the molecule is O[C@]12CCC[C@H](C1)c1cccc(Cc3ccc(C(F)(F)F)cc3)c1O2. The summed E-state index contributed by atoms with van der Waals surface area (Å²) in [7, 11) is 0. The second-order valence-corrected chi connectivity index (χ2v) is 7.05. The van der Waals surface area contributed by atoms with E-state index in [4.69, 9.17) is 4.74 Å². The Kier molecular flexibility index (Phi) is 3.80. The maximum absolute atomic E-state index is 12.7. The number of para-hydroxylation sites is 1. The molecule has 1 heterocycles. The summed E-state index contributed by atoms with van der Waals surface area (Å²) in [6.45, 7) is 0. The van der Waals surface area contributed by atoms with Gasteiger partial charge in [-0.3, -0.25) is 0 Å². The van der Waals surface area contributed by atoms with Crippen LogP contribution >= 0.6 is 0 Å². The monoisotopic (exact) mass is 348 g/mol. The van der Waals surface area contributed by atoms with Crippen molar-refractivity contribution in [2.75, 3.05) is 0 Å². The first-order valence-corrected chi connectivity index (χ1v) is 8.53. The van der Waals surface area contributed by atoms with Crippen LogP contribution in [-0.2, 0) is 12.6 Å². The Morgan fingerprint density at radius 2 is 1.88 bits per heavy atom. The molecule has 0 spiro atoms. The standard InChI is InChI=1S/C20H19F3O2/c21-20(22,23)16-8-6-13(7-9-16)11-14-3-1-5-17-15-4-2-10-19(24,12-15)25-18(14)17/h1,3,5-9,15,24H,2,4,10-12H2/t15-,19+/m1/s1. The largest absolute Gasteiger partial charge is 0.462 e. The van der Waals surface area contributed by atoms with Crippen LogP contribution < -0.4 is 4.74 Å². The van der Waals surface area contributed by atoms with Crippen molar-refractivity contribution in [1.29, 1.82) is 0 Å². The van der Waals surface area contributed by atoms with E-state index in [0.29, 0.717) is 25.0 Å². The molecule has 5 heteroatoms. The number of alkyl halides is 3. The van der Waals surface area contributed by atoms with E-state index in [0.717, 1.165) is 41.7 Å². The first kappa shape index (κ1) is 16.5. The van der Waals surface area contributed by atoms with E-state index in [1.807, 2.05) is 18.2 Å². The minimum atomic E-state index is -4.33. The van der Waals surface area contributed by atoms with Gasteiger partial charge in [0.15, 0.2) is 0 Å². The van der Waals surface area contributed by atoms with Crippen molar-refractivity contribution in [1.82, 2.24) is 0 Å². The molecule has 1 N–H and O–H groups in total. The number of rotatable bonds is 2. The van der Waals surface area contributed by atoms with Crippen LogP contribution in [-0.4, -0.2) is 10.9 Å². The van der Waals surface area contributed by atoms with Gasteiger partial charge in [0.1, 0.15) is 5.75 Å². The summed E-state index contributed by atoms with van der Waals surface area (Å²) >= 11 is 0. The Labute approximate surface area is 144 Å². The van der Waals surface area contributed by atoms with Crippen LogP contribution in [0.5, 0.6) is 5.75 Å². The maximum atomic E-state index is 12.7. The van der Waals surface area contributed by atoms with Crippen LogP contribution in [0.2, 0.25) is 0 Å².